The first kappa shape index (κ1) is 11.8. The molecule has 98 valence electrons. The van der Waals surface area contributed by atoms with E-state index in [9.17, 15) is 10.2 Å². The predicted octanol–water partition coefficient (Wildman–Crippen LogP) is 2.94. The van der Waals surface area contributed by atoms with Crippen LogP contribution in [0.4, 0.5) is 0 Å². The Morgan fingerprint density at radius 2 is 1.89 bits per heavy atom. The van der Waals surface area contributed by atoms with Gasteiger partial charge in [-0.3, -0.25) is 0 Å². The van der Waals surface area contributed by atoms with Crippen molar-refractivity contribution in [1.29, 1.82) is 0 Å². The van der Waals surface area contributed by atoms with Crippen LogP contribution < -0.4 is 5.32 Å². The van der Waals surface area contributed by atoms with Crippen molar-refractivity contribution in [2.24, 2.45) is 11.8 Å². The van der Waals surface area contributed by atoms with Gasteiger partial charge in [0.2, 0.25) is 0 Å². The van der Waals surface area contributed by atoms with E-state index in [1.54, 1.807) is 18.2 Å². The zero-order chi connectivity index (χ0) is 12.7. The maximum atomic E-state index is 9.87. The Labute approximate surface area is 108 Å². The maximum Gasteiger partial charge on any atom is 0.124 e. The molecule has 2 bridgehead atoms. The summed E-state index contributed by atoms with van der Waals surface area (Å²) in [6.07, 6.45) is 5.33. The van der Waals surface area contributed by atoms with Crippen LogP contribution in [-0.4, -0.2) is 16.3 Å². The van der Waals surface area contributed by atoms with E-state index < -0.39 is 0 Å². The fourth-order valence-corrected chi connectivity index (χ4v) is 3.84. The summed E-state index contributed by atoms with van der Waals surface area (Å²) in [5.41, 5.74) is 0.625. The molecule has 18 heavy (non-hydrogen) atoms. The van der Waals surface area contributed by atoms with Gasteiger partial charge in [-0.25, -0.2) is 0 Å². The van der Waals surface area contributed by atoms with Crippen LogP contribution in [0, 0.1) is 11.8 Å². The van der Waals surface area contributed by atoms with E-state index in [0.717, 1.165) is 11.8 Å². The molecule has 4 atom stereocenters. The Kier molecular flexibility index (Phi) is 2.94. The van der Waals surface area contributed by atoms with Gasteiger partial charge in [-0.1, -0.05) is 12.5 Å². The number of phenolic OH excluding ortho intramolecular Hbond substituents is 2. The van der Waals surface area contributed by atoms with Crippen LogP contribution >= 0.6 is 0 Å². The normalized spacial score (nSPS) is 31.7. The summed E-state index contributed by atoms with van der Waals surface area (Å²) < 4.78 is 0. The SMILES string of the molecule is CC(NC1CC2CCC1C2)c1c(O)cccc1O. The van der Waals surface area contributed by atoms with Gasteiger partial charge in [0.15, 0.2) is 0 Å². The molecule has 0 spiro atoms. The van der Waals surface area contributed by atoms with E-state index in [1.165, 1.54) is 25.7 Å². The van der Waals surface area contributed by atoms with E-state index in [2.05, 4.69) is 5.32 Å². The van der Waals surface area contributed by atoms with Crippen LogP contribution in [0.1, 0.15) is 44.2 Å². The molecule has 3 N–H and O–H groups in total. The lowest BCUT2D eigenvalue weighted by atomic mass is 9.94. The Morgan fingerprint density at radius 3 is 2.44 bits per heavy atom. The van der Waals surface area contributed by atoms with Crippen molar-refractivity contribution in [3.8, 4) is 11.5 Å². The average molecular weight is 247 g/mol. The van der Waals surface area contributed by atoms with Crippen LogP contribution in [0.15, 0.2) is 18.2 Å². The van der Waals surface area contributed by atoms with Gasteiger partial charge in [0.1, 0.15) is 11.5 Å². The minimum absolute atomic E-state index is 0.00412. The molecule has 0 aromatic heterocycles. The zero-order valence-electron chi connectivity index (χ0n) is 10.8. The van der Waals surface area contributed by atoms with Crippen LogP contribution in [0.25, 0.3) is 0 Å². The number of hydrogen-bond acceptors (Lipinski definition) is 3. The molecule has 0 radical (unpaired) electrons. The molecule has 3 rings (SSSR count). The van der Waals surface area contributed by atoms with Gasteiger partial charge >= 0.3 is 0 Å². The molecule has 0 aliphatic heterocycles. The number of rotatable bonds is 3. The minimum Gasteiger partial charge on any atom is -0.507 e. The van der Waals surface area contributed by atoms with Crippen LogP contribution in [0.5, 0.6) is 11.5 Å². The van der Waals surface area contributed by atoms with Crippen LogP contribution in [-0.2, 0) is 0 Å². The van der Waals surface area contributed by atoms with Crippen molar-refractivity contribution in [3.63, 3.8) is 0 Å². The maximum absolute atomic E-state index is 9.87. The van der Waals surface area contributed by atoms with Gasteiger partial charge in [-0.05, 0) is 50.2 Å². The molecule has 1 aromatic carbocycles. The monoisotopic (exact) mass is 247 g/mol. The van der Waals surface area contributed by atoms with Gasteiger partial charge in [-0.15, -0.1) is 0 Å². The molecule has 1 aromatic rings. The lowest BCUT2D eigenvalue weighted by Gasteiger charge is -2.27. The number of aromatic hydroxyl groups is 2. The summed E-state index contributed by atoms with van der Waals surface area (Å²) in [5, 5.41) is 23.3. The molecule has 2 aliphatic carbocycles. The van der Waals surface area contributed by atoms with E-state index in [1.807, 2.05) is 6.92 Å². The Bertz CT molecular complexity index is 426. The smallest absolute Gasteiger partial charge is 0.124 e. The molecule has 3 heteroatoms. The average Bonchev–Trinajstić information content (AvgIpc) is 2.90. The standard InChI is InChI=1S/C15H21NO2/c1-9(15-13(17)3-2-4-14(15)18)16-12-8-10-5-6-11(12)7-10/h2-4,9-12,16-18H,5-8H2,1H3. The topological polar surface area (TPSA) is 52.5 Å². The molecule has 0 amide bonds. The van der Waals surface area contributed by atoms with Crippen molar-refractivity contribution < 1.29 is 10.2 Å². The van der Waals surface area contributed by atoms with E-state index in [4.69, 9.17) is 0 Å². The summed E-state index contributed by atoms with van der Waals surface area (Å²) in [6.45, 7) is 2.01. The minimum atomic E-state index is -0.00412. The van der Waals surface area contributed by atoms with Crippen LogP contribution in [0.3, 0.4) is 0 Å². The van der Waals surface area contributed by atoms with E-state index in [0.29, 0.717) is 11.6 Å². The van der Waals surface area contributed by atoms with Gasteiger partial charge in [0, 0.05) is 12.1 Å². The van der Waals surface area contributed by atoms with Crippen molar-refractivity contribution in [2.75, 3.05) is 0 Å². The molecule has 4 unspecified atom stereocenters. The van der Waals surface area contributed by atoms with Crippen molar-refractivity contribution in [3.05, 3.63) is 23.8 Å². The largest absolute Gasteiger partial charge is 0.507 e. The third-order valence-corrected chi connectivity index (χ3v) is 4.70. The van der Waals surface area contributed by atoms with E-state index >= 15 is 0 Å². The highest BCUT2D eigenvalue weighted by Crippen LogP contribution is 2.45. The molecule has 0 saturated heterocycles. The van der Waals surface area contributed by atoms with Gasteiger partial charge in [-0.2, -0.15) is 0 Å². The highest BCUT2D eigenvalue weighted by atomic mass is 16.3. The second-order valence-corrected chi connectivity index (χ2v) is 5.88. The van der Waals surface area contributed by atoms with E-state index in [-0.39, 0.29) is 17.5 Å². The highest BCUT2D eigenvalue weighted by molar-refractivity contribution is 5.45. The number of fused-ring (bicyclic) bond motifs is 2. The molecule has 2 fully saturated rings. The molecule has 2 aliphatic rings. The second-order valence-electron chi connectivity index (χ2n) is 5.88. The third-order valence-electron chi connectivity index (χ3n) is 4.70. The molecular weight excluding hydrogens is 226 g/mol. The first-order valence-electron chi connectivity index (χ1n) is 6.92. The Morgan fingerprint density at radius 1 is 1.17 bits per heavy atom. The molecular formula is C15H21NO2. The Balaban J connectivity index is 1.73. The summed E-state index contributed by atoms with van der Waals surface area (Å²) in [5.74, 6) is 2.06. The predicted molar refractivity (Wildman–Crippen MR) is 70.6 cm³/mol. The fraction of sp³-hybridized carbons (Fsp3) is 0.600. The van der Waals surface area contributed by atoms with Gasteiger partial charge in [0.05, 0.1) is 5.56 Å². The molecule has 2 saturated carbocycles. The van der Waals surface area contributed by atoms with Crippen LogP contribution in [0.2, 0.25) is 0 Å². The zero-order valence-corrected chi connectivity index (χ0v) is 10.8. The number of benzene rings is 1. The molecule has 3 nitrogen and oxygen atoms in total. The number of hydrogen-bond donors (Lipinski definition) is 3. The lowest BCUT2D eigenvalue weighted by Crippen LogP contribution is -2.35. The summed E-state index contributed by atoms with van der Waals surface area (Å²) in [6, 6.07) is 5.48. The number of nitrogens with one attached hydrogen (secondary N) is 1. The highest BCUT2D eigenvalue weighted by Gasteiger charge is 2.40. The summed E-state index contributed by atoms with van der Waals surface area (Å²) in [7, 11) is 0. The first-order valence-corrected chi connectivity index (χ1v) is 6.92. The first-order chi connectivity index (χ1) is 8.65. The third kappa shape index (κ3) is 1.97. The quantitative estimate of drug-likeness (QED) is 0.769. The van der Waals surface area contributed by atoms with Gasteiger partial charge < -0.3 is 15.5 Å². The second kappa shape index (κ2) is 4.47. The molecule has 0 heterocycles. The lowest BCUT2D eigenvalue weighted by molar-refractivity contribution is 0.318. The Hall–Kier alpha value is -1.22. The van der Waals surface area contributed by atoms with Crippen molar-refractivity contribution in [2.45, 2.75) is 44.7 Å². The summed E-state index contributed by atoms with van der Waals surface area (Å²) in [4.78, 5) is 0. The van der Waals surface area contributed by atoms with Crippen molar-refractivity contribution in [1.82, 2.24) is 5.32 Å². The van der Waals surface area contributed by atoms with Gasteiger partial charge in [0.25, 0.3) is 0 Å². The summed E-state index contributed by atoms with van der Waals surface area (Å²) >= 11 is 0. The van der Waals surface area contributed by atoms with Crippen molar-refractivity contribution >= 4 is 0 Å². The number of phenols is 2. The fourth-order valence-electron chi connectivity index (χ4n) is 3.84.